The van der Waals surface area contributed by atoms with Crippen molar-refractivity contribution in [2.24, 2.45) is 0 Å². The van der Waals surface area contributed by atoms with E-state index in [-0.39, 0.29) is 11.6 Å². The predicted molar refractivity (Wildman–Crippen MR) is 128 cm³/mol. The van der Waals surface area contributed by atoms with Crippen LogP contribution in [0.3, 0.4) is 0 Å². The van der Waals surface area contributed by atoms with Gasteiger partial charge in [-0.3, -0.25) is 14.9 Å². The first-order valence-electron chi connectivity index (χ1n) is 10.6. The van der Waals surface area contributed by atoms with Gasteiger partial charge in [-0.1, -0.05) is 30.3 Å². The highest BCUT2D eigenvalue weighted by Crippen LogP contribution is 2.33. The van der Waals surface area contributed by atoms with E-state index in [1.807, 2.05) is 35.0 Å². The summed E-state index contributed by atoms with van der Waals surface area (Å²) >= 11 is 1.53. The molecular weight excluding hydrogens is 479 g/mol. The Balaban J connectivity index is 1.40. The summed E-state index contributed by atoms with van der Waals surface area (Å²) in [6.45, 7) is 0.845. The number of carbonyl (C=O) groups is 1. The number of aromatic nitrogens is 1. The fraction of sp³-hybridized carbons (Fsp3) is 0.160. The summed E-state index contributed by atoms with van der Waals surface area (Å²) in [7, 11) is 0. The highest BCUT2D eigenvalue weighted by atomic mass is 32.2. The third kappa shape index (κ3) is 5.83. The van der Waals surface area contributed by atoms with Crippen molar-refractivity contribution in [1.29, 1.82) is 0 Å². The number of benzene rings is 3. The first-order chi connectivity index (χ1) is 16.7. The second-order valence-corrected chi connectivity index (χ2v) is 8.76. The van der Waals surface area contributed by atoms with Crippen LogP contribution in [-0.2, 0) is 18.5 Å². The van der Waals surface area contributed by atoms with Crippen LogP contribution in [0.2, 0.25) is 0 Å². The number of rotatable bonds is 8. The molecule has 4 rings (SSSR count). The van der Waals surface area contributed by atoms with Gasteiger partial charge in [0, 0.05) is 58.5 Å². The van der Waals surface area contributed by atoms with E-state index in [9.17, 15) is 28.1 Å². The molecule has 3 aromatic carbocycles. The monoisotopic (exact) mass is 499 g/mol. The lowest BCUT2D eigenvalue weighted by atomic mass is 10.1. The lowest BCUT2D eigenvalue weighted by molar-refractivity contribution is -0.384. The number of nitro groups is 1. The van der Waals surface area contributed by atoms with Crippen LogP contribution in [0.1, 0.15) is 21.5 Å². The molecule has 4 aromatic rings. The molecule has 0 atom stereocenters. The molecule has 0 aliphatic carbocycles. The molecule has 0 bridgehead atoms. The molecule has 0 aliphatic heterocycles. The van der Waals surface area contributed by atoms with E-state index in [1.165, 1.54) is 48.2 Å². The number of thioether (sulfide) groups is 1. The van der Waals surface area contributed by atoms with Crippen LogP contribution >= 0.6 is 11.8 Å². The quantitative estimate of drug-likeness (QED) is 0.176. The molecular formula is C25H20F3N3O3S. The van der Waals surface area contributed by atoms with Crippen LogP contribution < -0.4 is 5.32 Å². The van der Waals surface area contributed by atoms with Gasteiger partial charge in [-0.2, -0.15) is 13.2 Å². The van der Waals surface area contributed by atoms with Gasteiger partial charge >= 0.3 is 6.18 Å². The maximum Gasteiger partial charge on any atom is 0.416 e. The summed E-state index contributed by atoms with van der Waals surface area (Å²) in [5.74, 6) is 0.191. The maximum absolute atomic E-state index is 12.8. The fourth-order valence-electron chi connectivity index (χ4n) is 3.59. The number of hydrogen-bond acceptors (Lipinski definition) is 4. The number of para-hydroxylation sites is 1. The summed E-state index contributed by atoms with van der Waals surface area (Å²) in [5.41, 5.74) is 1.35. The van der Waals surface area contributed by atoms with Crippen LogP contribution in [0.4, 0.5) is 18.9 Å². The summed E-state index contributed by atoms with van der Waals surface area (Å²) in [4.78, 5) is 23.6. The number of halogens is 3. The van der Waals surface area contributed by atoms with Crippen molar-refractivity contribution in [2.75, 3.05) is 6.54 Å². The molecule has 1 heterocycles. The molecule has 1 amide bonds. The molecule has 0 aliphatic rings. The van der Waals surface area contributed by atoms with Crippen molar-refractivity contribution < 1.29 is 22.9 Å². The third-order valence-corrected chi connectivity index (χ3v) is 6.52. The van der Waals surface area contributed by atoms with Crippen LogP contribution in [0.15, 0.2) is 83.9 Å². The number of carbonyl (C=O) groups excluding carboxylic acids is 1. The predicted octanol–water partition coefficient (Wildman–Crippen LogP) is 6.29. The van der Waals surface area contributed by atoms with Crippen molar-refractivity contribution in [3.63, 3.8) is 0 Å². The van der Waals surface area contributed by atoms with Gasteiger partial charge in [-0.05, 0) is 35.9 Å². The van der Waals surface area contributed by atoms with Gasteiger partial charge in [0.05, 0.1) is 10.5 Å². The van der Waals surface area contributed by atoms with Crippen molar-refractivity contribution in [2.45, 2.75) is 23.4 Å². The number of alkyl halides is 3. The molecule has 10 heteroatoms. The van der Waals surface area contributed by atoms with Crippen molar-refractivity contribution >= 4 is 34.3 Å². The smallest absolute Gasteiger partial charge is 0.350 e. The number of non-ortho nitro benzene ring substituents is 1. The highest BCUT2D eigenvalue weighted by Gasteiger charge is 2.29. The zero-order valence-electron chi connectivity index (χ0n) is 18.3. The molecule has 0 saturated carbocycles. The topological polar surface area (TPSA) is 77.2 Å². The molecule has 0 fully saturated rings. The normalized spacial score (nSPS) is 11.5. The molecule has 0 spiro atoms. The van der Waals surface area contributed by atoms with E-state index < -0.39 is 16.7 Å². The molecule has 0 radical (unpaired) electrons. The van der Waals surface area contributed by atoms with Crippen molar-refractivity contribution in [3.05, 3.63) is 106 Å². The van der Waals surface area contributed by atoms with E-state index in [2.05, 4.69) is 5.32 Å². The third-order valence-electron chi connectivity index (χ3n) is 5.41. The summed E-state index contributed by atoms with van der Waals surface area (Å²) in [6, 6.07) is 18.3. The van der Waals surface area contributed by atoms with E-state index in [0.29, 0.717) is 24.4 Å². The molecule has 0 saturated heterocycles. The fourth-order valence-corrected chi connectivity index (χ4v) is 4.64. The van der Waals surface area contributed by atoms with E-state index in [1.54, 1.807) is 0 Å². The second kappa shape index (κ2) is 10.2. The standard InChI is InChI=1S/C25H20F3N3O3S/c26-25(27,28)19-9-5-17(6-10-19)16-35-23-15-30(22-4-2-1-3-21(22)23)14-13-29-24(32)18-7-11-20(12-8-18)31(33)34/h1-12,15H,13-14,16H2,(H,29,32). The molecule has 0 unspecified atom stereocenters. The second-order valence-electron chi connectivity index (χ2n) is 7.75. The largest absolute Gasteiger partial charge is 0.416 e. The van der Waals surface area contributed by atoms with Gasteiger partial charge in [0.1, 0.15) is 0 Å². The maximum atomic E-state index is 12.8. The summed E-state index contributed by atoms with van der Waals surface area (Å²) in [6.07, 6.45) is -2.38. The Morgan fingerprint density at radius 2 is 1.69 bits per heavy atom. The van der Waals surface area contributed by atoms with E-state index >= 15 is 0 Å². The minimum Gasteiger partial charge on any atom is -0.350 e. The molecule has 180 valence electrons. The Morgan fingerprint density at radius 1 is 1.00 bits per heavy atom. The first kappa shape index (κ1) is 24.3. The van der Waals surface area contributed by atoms with Crippen molar-refractivity contribution in [3.8, 4) is 0 Å². The van der Waals surface area contributed by atoms with E-state index in [4.69, 9.17) is 0 Å². The van der Waals surface area contributed by atoms with Crippen LogP contribution in [-0.4, -0.2) is 21.9 Å². The van der Waals surface area contributed by atoms with Crippen LogP contribution in [0.5, 0.6) is 0 Å². The number of nitrogens with one attached hydrogen (secondary N) is 1. The van der Waals surface area contributed by atoms with Gasteiger partial charge in [0.15, 0.2) is 0 Å². The Kier molecular flexibility index (Phi) is 7.11. The van der Waals surface area contributed by atoms with Crippen molar-refractivity contribution in [1.82, 2.24) is 9.88 Å². The van der Waals surface area contributed by atoms with Crippen LogP contribution in [0, 0.1) is 10.1 Å². The average molecular weight is 500 g/mol. The summed E-state index contributed by atoms with van der Waals surface area (Å²) < 4.78 is 40.4. The van der Waals surface area contributed by atoms with Crippen LogP contribution in [0.25, 0.3) is 10.9 Å². The number of hydrogen-bond donors (Lipinski definition) is 1. The molecule has 1 aromatic heterocycles. The number of nitrogens with zero attached hydrogens (tertiary/aromatic N) is 2. The Bertz CT molecular complexity index is 1350. The molecule has 1 N–H and O–H groups in total. The Morgan fingerprint density at radius 3 is 2.34 bits per heavy atom. The van der Waals surface area contributed by atoms with Gasteiger partial charge in [-0.15, -0.1) is 11.8 Å². The van der Waals surface area contributed by atoms with Gasteiger partial charge < -0.3 is 9.88 Å². The lowest BCUT2D eigenvalue weighted by Crippen LogP contribution is -2.27. The zero-order chi connectivity index (χ0) is 25.0. The number of nitro benzene ring substituents is 1. The first-order valence-corrected chi connectivity index (χ1v) is 11.6. The minimum absolute atomic E-state index is 0.0818. The lowest BCUT2D eigenvalue weighted by Gasteiger charge is -2.08. The zero-order valence-corrected chi connectivity index (χ0v) is 19.1. The number of amides is 1. The van der Waals surface area contributed by atoms with E-state index in [0.717, 1.165) is 33.5 Å². The average Bonchev–Trinajstić information content (AvgIpc) is 3.20. The van der Waals surface area contributed by atoms with Gasteiger partial charge in [0.2, 0.25) is 0 Å². The molecule has 35 heavy (non-hydrogen) atoms. The minimum atomic E-state index is -4.35. The van der Waals surface area contributed by atoms with Gasteiger partial charge in [0.25, 0.3) is 11.6 Å². The highest BCUT2D eigenvalue weighted by molar-refractivity contribution is 7.98. The summed E-state index contributed by atoms with van der Waals surface area (Å²) in [5, 5.41) is 14.6. The SMILES string of the molecule is O=C(NCCn1cc(SCc2ccc(C(F)(F)F)cc2)c2ccccc21)c1ccc([N+](=O)[O-])cc1. The van der Waals surface area contributed by atoms with Gasteiger partial charge in [-0.25, -0.2) is 0 Å². The Labute approximate surface area is 202 Å². The Hall–Kier alpha value is -3.79. The number of fused-ring (bicyclic) bond motifs is 1. The molecule has 6 nitrogen and oxygen atoms in total.